The van der Waals surface area contributed by atoms with E-state index in [1.54, 1.807) is 0 Å². The van der Waals surface area contributed by atoms with Crippen LogP contribution in [-0.2, 0) is 0 Å². The van der Waals surface area contributed by atoms with Gasteiger partial charge in [0.15, 0.2) is 0 Å². The molecule has 0 radical (unpaired) electrons. The first-order chi connectivity index (χ1) is 10.8. The second-order valence-corrected chi connectivity index (χ2v) is 5.11. The molecule has 1 amide bonds. The number of rotatable bonds is 5. The maximum Gasteiger partial charge on any atom is 0.255 e. The van der Waals surface area contributed by atoms with Crippen LogP contribution in [0.5, 0.6) is 5.75 Å². The molecule has 4 heteroatoms. The van der Waals surface area contributed by atoms with E-state index in [4.69, 9.17) is 4.74 Å². The molecule has 112 valence electrons. The van der Waals surface area contributed by atoms with Crippen molar-refractivity contribution in [3.05, 3.63) is 60.3 Å². The van der Waals surface area contributed by atoms with Gasteiger partial charge in [-0.25, -0.2) is 0 Å². The van der Waals surface area contributed by atoms with Crippen molar-refractivity contribution < 1.29 is 9.53 Å². The fourth-order valence-corrected chi connectivity index (χ4v) is 2.25. The Labute approximate surface area is 129 Å². The first-order valence-corrected chi connectivity index (χ1v) is 7.37. The molecular formula is C18H18N2O2. The number of nitrogens with one attached hydrogen (secondary N) is 2. The Morgan fingerprint density at radius 2 is 1.95 bits per heavy atom. The zero-order valence-corrected chi connectivity index (χ0v) is 12.4. The lowest BCUT2D eigenvalue weighted by molar-refractivity contribution is 0.102. The first kappa shape index (κ1) is 14.2. The Hall–Kier alpha value is -2.75. The zero-order valence-electron chi connectivity index (χ0n) is 12.4. The molecule has 0 bridgehead atoms. The minimum atomic E-state index is -0.126. The minimum Gasteiger partial charge on any atom is -0.494 e. The highest BCUT2D eigenvalue weighted by Crippen LogP contribution is 2.18. The lowest BCUT2D eigenvalue weighted by Gasteiger charge is -2.08. The van der Waals surface area contributed by atoms with E-state index in [1.807, 2.05) is 54.7 Å². The summed E-state index contributed by atoms with van der Waals surface area (Å²) in [6.07, 6.45) is 2.83. The minimum absolute atomic E-state index is 0.126. The number of aromatic nitrogens is 1. The van der Waals surface area contributed by atoms with Gasteiger partial charge < -0.3 is 15.0 Å². The van der Waals surface area contributed by atoms with Gasteiger partial charge in [0.1, 0.15) is 5.75 Å². The van der Waals surface area contributed by atoms with Gasteiger partial charge in [-0.3, -0.25) is 4.79 Å². The van der Waals surface area contributed by atoms with E-state index >= 15 is 0 Å². The van der Waals surface area contributed by atoms with E-state index < -0.39 is 0 Å². The first-order valence-electron chi connectivity index (χ1n) is 7.37. The number of fused-ring (bicyclic) bond motifs is 1. The van der Waals surface area contributed by atoms with Crippen LogP contribution in [0.15, 0.2) is 54.7 Å². The van der Waals surface area contributed by atoms with Gasteiger partial charge in [0, 0.05) is 23.0 Å². The molecule has 0 aliphatic carbocycles. The topological polar surface area (TPSA) is 54.1 Å². The number of aromatic amines is 1. The Morgan fingerprint density at radius 1 is 1.14 bits per heavy atom. The molecule has 0 saturated carbocycles. The van der Waals surface area contributed by atoms with E-state index in [2.05, 4.69) is 17.2 Å². The van der Waals surface area contributed by atoms with E-state index in [9.17, 15) is 4.79 Å². The van der Waals surface area contributed by atoms with Gasteiger partial charge in [0.05, 0.1) is 6.61 Å². The number of amides is 1. The smallest absolute Gasteiger partial charge is 0.255 e. The number of H-pyrrole nitrogens is 1. The molecule has 0 aliphatic rings. The average molecular weight is 294 g/mol. The summed E-state index contributed by atoms with van der Waals surface area (Å²) in [7, 11) is 0. The summed E-state index contributed by atoms with van der Waals surface area (Å²) in [5.41, 5.74) is 2.33. The third-order valence-electron chi connectivity index (χ3n) is 3.40. The van der Waals surface area contributed by atoms with Crippen LogP contribution in [-0.4, -0.2) is 17.5 Å². The molecule has 0 saturated heterocycles. The van der Waals surface area contributed by atoms with Gasteiger partial charge in [0.25, 0.3) is 5.91 Å². The molecule has 0 atom stereocenters. The van der Waals surface area contributed by atoms with Gasteiger partial charge in [-0.1, -0.05) is 13.0 Å². The van der Waals surface area contributed by atoms with E-state index in [0.717, 1.165) is 28.8 Å². The van der Waals surface area contributed by atoms with Gasteiger partial charge in [-0.15, -0.1) is 0 Å². The van der Waals surface area contributed by atoms with Crippen LogP contribution < -0.4 is 10.1 Å². The Bertz CT molecular complexity index is 775. The number of ether oxygens (including phenoxy) is 1. The van der Waals surface area contributed by atoms with Crippen LogP contribution >= 0.6 is 0 Å². The molecular weight excluding hydrogens is 276 g/mol. The maximum absolute atomic E-state index is 12.3. The highest BCUT2D eigenvalue weighted by Gasteiger charge is 2.07. The third kappa shape index (κ3) is 3.11. The Morgan fingerprint density at radius 3 is 2.73 bits per heavy atom. The molecule has 3 rings (SSSR count). The van der Waals surface area contributed by atoms with Crippen LogP contribution in [0.2, 0.25) is 0 Å². The molecule has 1 heterocycles. The second-order valence-electron chi connectivity index (χ2n) is 5.11. The molecule has 0 fully saturated rings. The predicted molar refractivity (Wildman–Crippen MR) is 88.5 cm³/mol. The van der Waals surface area contributed by atoms with Crippen LogP contribution in [0.1, 0.15) is 23.7 Å². The summed E-state index contributed by atoms with van der Waals surface area (Å²) in [6.45, 7) is 2.76. The van der Waals surface area contributed by atoms with Crippen LogP contribution in [0.4, 0.5) is 5.69 Å². The van der Waals surface area contributed by atoms with Gasteiger partial charge >= 0.3 is 0 Å². The summed E-state index contributed by atoms with van der Waals surface area (Å²) < 4.78 is 5.52. The molecule has 0 aliphatic heterocycles. The predicted octanol–water partition coefficient (Wildman–Crippen LogP) is 4.21. The molecule has 1 aromatic heterocycles. The Kier molecular flexibility index (Phi) is 4.10. The monoisotopic (exact) mass is 294 g/mol. The molecule has 2 N–H and O–H groups in total. The highest BCUT2D eigenvalue weighted by atomic mass is 16.5. The van der Waals surface area contributed by atoms with Crippen molar-refractivity contribution in [1.29, 1.82) is 0 Å². The number of carbonyl (C=O) groups excluding carboxylic acids is 1. The van der Waals surface area contributed by atoms with Crippen molar-refractivity contribution in [2.45, 2.75) is 13.3 Å². The van der Waals surface area contributed by atoms with E-state index in [1.165, 1.54) is 0 Å². The Balaban J connectivity index is 1.70. The second kappa shape index (κ2) is 6.35. The molecule has 22 heavy (non-hydrogen) atoms. The number of anilines is 1. The van der Waals surface area contributed by atoms with Crippen molar-refractivity contribution in [3.8, 4) is 5.75 Å². The summed E-state index contributed by atoms with van der Waals surface area (Å²) in [4.78, 5) is 15.4. The maximum atomic E-state index is 12.3. The number of carbonyl (C=O) groups is 1. The van der Waals surface area contributed by atoms with Crippen LogP contribution in [0, 0.1) is 0 Å². The summed E-state index contributed by atoms with van der Waals surface area (Å²) in [5, 5.41) is 3.98. The van der Waals surface area contributed by atoms with E-state index in [0.29, 0.717) is 12.2 Å². The fraction of sp³-hybridized carbons (Fsp3) is 0.167. The largest absolute Gasteiger partial charge is 0.494 e. The number of benzene rings is 2. The zero-order chi connectivity index (χ0) is 15.4. The van der Waals surface area contributed by atoms with Crippen molar-refractivity contribution in [2.75, 3.05) is 11.9 Å². The fourth-order valence-electron chi connectivity index (χ4n) is 2.25. The molecule has 0 unspecified atom stereocenters. The SMILES string of the molecule is CCCOc1ccc(NC(=O)c2ccc3cc[nH]c3c2)cc1. The van der Waals surface area contributed by atoms with Gasteiger partial charge in [-0.05, 0) is 54.3 Å². The van der Waals surface area contributed by atoms with E-state index in [-0.39, 0.29) is 5.91 Å². The summed E-state index contributed by atoms with van der Waals surface area (Å²) in [6, 6.07) is 15.0. The highest BCUT2D eigenvalue weighted by molar-refractivity contribution is 6.06. The average Bonchev–Trinajstić information content (AvgIpc) is 3.01. The van der Waals surface area contributed by atoms with Crippen molar-refractivity contribution in [1.82, 2.24) is 4.98 Å². The van der Waals surface area contributed by atoms with Gasteiger partial charge in [-0.2, -0.15) is 0 Å². The summed E-state index contributed by atoms with van der Waals surface area (Å²) in [5.74, 6) is 0.686. The molecule has 3 aromatic rings. The lowest BCUT2D eigenvalue weighted by atomic mass is 10.1. The van der Waals surface area contributed by atoms with Gasteiger partial charge in [0.2, 0.25) is 0 Å². The molecule has 2 aromatic carbocycles. The standard InChI is InChI=1S/C18H18N2O2/c1-2-11-22-16-7-5-15(6-8-16)20-18(21)14-4-3-13-9-10-19-17(13)12-14/h3-10,12,19H,2,11H2,1H3,(H,20,21). The number of hydrogen-bond acceptors (Lipinski definition) is 2. The summed E-state index contributed by atoms with van der Waals surface area (Å²) >= 11 is 0. The van der Waals surface area contributed by atoms with Crippen molar-refractivity contribution in [2.24, 2.45) is 0 Å². The van der Waals surface area contributed by atoms with Crippen molar-refractivity contribution >= 4 is 22.5 Å². The molecule has 0 spiro atoms. The normalized spacial score (nSPS) is 10.6. The molecule has 4 nitrogen and oxygen atoms in total. The van der Waals surface area contributed by atoms with Crippen LogP contribution in [0.3, 0.4) is 0 Å². The quantitative estimate of drug-likeness (QED) is 0.740. The van der Waals surface area contributed by atoms with Crippen LogP contribution in [0.25, 0.3) is 10.9 Å². The van der Waals surface area contributed by atoms with Crippen molar-refractivity contribution in [3.63, 3.8) is 0 Å². The third-order valence-corrected chi connectivity index (χ3v) is 3.40. The number of hydrogen-bond donors (Lipinski definition) is 2. The lowest BCUT2D eigenvalue weighted by Crippen LogP contribution is -2.11.